The zero-order valence-electron chi connectivity index (χ0n) is 16.5. The van der Waals surface area contributed by atoms with Gasteiger partial charge in [0.1, 0.15) is 11.3 Å². The maximum atomic E-state index is 11.8. The lowest BCUT2D eigenvalue weighted by Crippen LogP contribution is -2.57. The van der Waals surface area contributed by atoms with Gasteiger partial charge in [0, 0.05) is 66.8 Å². The first-order valence-electron chi connectivity index (χ1n) is 10.5. The Kier molecular flexibility index (Phi) is 4.48. The number of benzene rings is 1. The van der Waals surface area contributed by atoms with Crippen LogP contribution in [0.15, 0.2) is 53.2 Å². The summed E-state index contributed by atoms with van der Waals surface area (Å²) >= 11 is 0. The molecule has 2 atom stereocenters. The van der Waals surface area contributed by atoms with E-state index in [0.717, 1.165) is 55.8 Å². The molecular formula is C24H28N2O2. The van der Waals surface area contributed by atoms with Crippen LogP contribution in [-0.4, -0.2) is 28.1 Å². The Bertz CT molecular complexity index is 951. The number of furan rings is 1. The lowest BCUT2D eigenvalue weighted by Gasteiger charge is -2.53. The molecule has 2 fully saturated rings. The normalized spacial score (nSPS) is 27.9. The number of likely N-dealkylation sites (tertiary alicyclic amines) is 1. The minimum absolute atomic E-state index is 0.257. The molecule has 1 saturated heterocycles. The van der Waals surface area contributed by atoms with E-state index in [9.17, 15) is 5.11 Å². The van der Waals surface area contributed by atoms with Crippen LogP contribution in [-0.2, 0) is 18.6 Å². The second-order valence-electron chi connectivity index (χ2n) is 8.44. The number of fused-ring (bicyclic) bond motifs is 3. The molecular weight excluding hydrogens is 348 g/mol. The number of aromatic nitrogens is 1. The van der Waals surface area contributed by atoms with Crippen LogP contribution >= 0.6 is 0 Å². The minimum atomic E-state index is -0.741. The van der Waals surface area contributed by atoms with Crippen LogP contribution in [0.3, 0.4) is 0 Å². The predicted molar refractivity (Wildman–Crippen MR) is 110 cm³/mol. The number of rotatable bonds is 4. The predicted octanol–water partition coefficient (Wildman–Crippen LogP) is 4.51. The summed E-state index contributed by atoms with van der Waals surface area (Å²) < 4.78 is 6.11. The lowest BCUT2D eigenvalue weighted by molar-refractivity contribution is -0.148. The smallest absolute Gasteiger partial charge is 0.134 e. The monoisotopic (exact) mass is 376 g/mol. The summed E-state index contributed by atoms with van der Waals surface area (Å²) in [5.74, 6) is 1.61. The summed E-state index contributed by atoms with van der Waals surface area (Å²) in [7, 11) is 0. The molecule has 1 N–H and O–H groups in total. The molecule has 5 rings (SSSR count). The number of hydrogen-bond donors (Lipinski definition) is 1. The molecule has 0 amide bonds. The highest BCUT2D eigenvalue weighted by molar-refractivity contribution is 5.82. The highest BCUT2D eigenvalue weighted by Crippen LogP contribution is 2.49. The second-order valence-corrected chi connectivity index (χ2v) is 8.44. The molecule has 2 aliphatic rings. The van der Waals surface area contributed by atoms with Crippen molar-refractivity contribution in [1.82, 2.24) is 9.88 Å². The summed E-state index contributed by atoms with van der Waals surface area (Å²) in [5, 5.41) is 13.0. The molecule has 1 saturated carbocycles. The fourth-order valence-electron chi connectivity index (χ4n) is 5.58. The number of piperidine rings is 1. The first-order valence-corrected chi connectivity index (χ1v) is 10.5. The van der Waals surface area contributed by atoms with Crippen molar-refractivity contribution in [3.05, 3.63) is 65.7 Å². The summed E-state index contributed by atoms with van der Waals surface area (Å²) in [6.45, 7) is 4.90. The van der Waals surface area contributed by atoms with Crippen molar-refractivity contribution in [2.24, 2.45) is 11.8 Å². The van der Waals surface area contributed by atoms with E-state index in [0.29, 0.717) is 0 Å². The van der Waals surface area contributed by atoms with E-state index in [2.05, 4.69) is 35.0 Å². The Balaban J connectivity index is 1.45. The number of nitrogens with zero attached hydrogens (tertiary/aromatic N) is 2. The molecule has 4 heteroatoms. The van der Waals surface area contributed by atoms with Gasteiger partial charge in [0.2, 0.25) is 0 Å². The molecule has 2 bridgehead atoms. The van der Waals surface area contributed by atoms with Crippen LogP contribution in [0.4, 0.5) is 0 Å². The van der Waals surface area contributed by atoms with E-state index in [4.69, 9.17) is 4.42 Å². The molecule has 1 aliphatic heterocycles. The van der Waals surface area contributed by atoms with Gasteiger partial charge in [-0.1, -0.05) is 37.6 Å². The Morgan fingerprint density at radius 3 is 2.64 bits per heavy atom. The Labute approximate surface area is 166 Å². The third kappa shape index (κ3) is 2.78. The van der Waals surface area contributed by atoms with Crippen LogP contribution in [0.5, 0.6) is 0 Å². The maximum absolute atomic E-state index is 11.8. The van der Waals surface area contributed by atoms with E-state index in [1.54, 1.807) is 6.20 Å². The van der Waals surface area contributed by atoms with Gasteiger partial charge < -0.3 is 9.52 Å². The topological polar surface area (TPSA) is 49.5 Å². The Morgan fingerprint density at radius 1 is 1.14 bits per heavy atom. The van der Waals surface area contributed by atoms with E-state index in [1.165, 1.54) is 17.4 Å². The average Bonchev–Trinajstić information content (AvgIpc) is 3.07. The van der Waals surface area contributed by atoms with Gasteiger partial charge >= 0.3 is 0 Å². The van der Waals surface area contributed by atoms with Crippen molar-refractivity contribution in [2.75, 3.05) is 13.1 Å². The van der Waals surface area contributed by atoms with Gasteiger partial charge in [-0.15, -0.1) is 0 Å². The zero-order valence-corrected chi connectivity index (χ0v) is 16.5. The van der Waals surface area contributed by atoms with Crippen LogP contribution in [0, 0.1) is 11.8 Å². The number of aliphatic hydroxyl groups is 1. The van der Waals surface area contributed by atoms with Crippen molar-refractivity contribution in [3.8, 4) is 0 Å². The lowest BCUT2D eigenvalue weighted by atomic mass is 9.63. The van der Waals surface area contributed by atoms with Crippen molar-refractivity contribution >= 4 is 11.0 Å². The molecule has 3 aromatic rings. The molecule has 2 aromatic heterocycles. The molecule has 1 aromatic carbocycles. The SMILES string of the molecule is CCc1oc2ccccc2c1CN1C[C@H]2CCC[C@H](C1)C2(O)c1cccnc1. The summed E-state index contributed by atoms with van der Waals surface area (Å²) in [6.07, 6.45) is 7.91. The van der Waals surface area contributed by atoms with Crippen LogP contribution in [0.2, 0.25) is 0 Å². The Hall–Kier alpha value is -2.17. The third-order valence-corrected chi connectivity index (χ3v) is 6.92. The van der Waals surface area contributed by atoms with E-state index in [-0.39, 0.29) is 11.8 Å². The van der Waals surface area contributed by atoms with Crippen LogP contribution in [0.1, 0.15) is 43.1 Å². The second kappa shape index (κ2) is 7.02. The summed E-state index contributed by atoms with van der Waals surface area (Å²) in [6, 6.07) is 12.3. The van der Waals surface area contributed by atoms with Gasteiger partial charge in [0.05, 0.1) is 5.60 Å². The highest BCUT2D eigenvalue weighted by atomic mass is 16.3. The molecule has 28 heavy (non-hydrogen) atoms. The number of hydrogen-bond acceptors (Lipinski definition) is 4. The van der Waals surface area contributed by atoms with Gasteiger partial charge in [-0.3, -0.25) is 9.88 Å². The first-order chi connectivity index (χ1) is 13.7. The third-order valence-electron chi connectivity index (χ3n) is 6.92. The van der Waals surface area contributed by atoms with E-state index in [1.807, 2.05) is 24.4 Å². The summed E-state index contributed by atoms with van der Waals surface area (Å²) in [4.78, 5) is 6.82. The zero-order chi connectivity index (χ0) is 19.1. The van der Waals surface area contributed by atoms with Gasteiger partial charge in [-0.2, -0.15) is 0 Å². The molecule has 4 nitrogen and oxygen atoms in total. The maximum Gasteiger partial charge on any atom is 0.134 e. The molecule has 1 aliphatic carbocycles. The molecule has 0 unspecified atom stereocenters. The van der Waals surface area contributed by atoms with Gasteiger partial charge in [-0.25, -0.2) is 0 Å². The molecule has 3 heterocycles. The van der Waals surface area contributed by atoms with Crippen molar-refractivity contribution in [2.45, 2.75) is 44.8 Å². The summed E-state index contributed by atoms with van der Waals surface area (Å²) in [5.41, 5.74) is 2.56. The highest BCUT2D eigenvalue weighted by Gasteiger charge is 2.51. The minimum Gasteiger partial charge on any atom is -0.461 e. The number of aryl methyl sites for hydroxylation is 1. The van der Waals surface area contributed by atoms with Crippen LogP contribution in [0.25, 0.3) is 11.0 Å². The van der Waals surface area contributed by atoms with Gasteiger partial charge in [0.25, 0.3) is 0 Å². The average molecular weight is 376 g/mol. The van der Waals surface area contributed by atoms with E-state index >= 15 is 0 Å². The van der Waals surface area contributed by atoms with Crippen molar-refractivity contribution in [3.63, 3.8) is 0 Å². The number of pyridine rings is 1. The molecule has 146 valence electrons. The fraction of sp³-hybridized carbons (Fsp3) is 0.458. The first kappa shape index (κ1) is 17.9. The standard InChI is InChI=1S/C24H28N2O2/c1-2-22-21(20-10-3-4-11-23(20)28-22)16-26-14-18-7-5-8-19(15-26)24(18,27)17-9-6-12-25-13-17/h3-4,6,9-13,18-19,27H,2,5,7-8,14-16H2,1H3/t18-,19-/m1/s1. The van der Waals surface area contributed by atoms with Crippen molar-refractivity contribution < 1.29 is 9.52 Å². The molecule has 0 radical (unpaired) electrons. The van der Waals surface area contributed by atoms with Crippen LogP contribution < -0.4 is 0 Å². The Morgan fingerprint density at radius 2 is 1.93 bits per heavy atom. The largest absolute Gasteiger partial charge is 0.461 e. The van der Waals surface area contributed by atoms with Crippen molar-refractivity contribution in [1.29, 1.82) is 0 Å². The van der Waals surface area contributed by atoms with Gasteiger partial charge in [0.15, 0.2) is 0 Å². The van der Waals surface area contributed by atoms with E-state index < -0.39 is 5.60 Å². The van der Waals surface area contributed by atoms with Gasteiger partial charge in [-0.05, 0) is 25.0 Å². The fourth-order valence-corrected chi connectivity index (χ4v) is 5.58. The number of para-hydroxylation sites is 1. The molecule has 0 spiro atoms. The quantitative estimate of drug-likeness (QED) is 0.728.